The summed E-state index contributed by atoms with van der Waals surface area (Å²) in [6.07, 6.45) is 1.46. The molecule has 0 saturated heterocycles. The summed E-state index contributed by atoms with van der Waals surface area (Å²) in [5.41, 5.74) is 1.03. The number of rotatable bonds is 6. The van der Waals surface area contributed by atoms with Crippen LogP contribution in [0.15, 0.2) is 42.5 Å². The van der Waals surface area contributed by atoms with E-state index in [0.717, 1.165) is 17.5 Å². The summed E-state index contributed by atoms with van der Waals surface area (Å²) in [4.78, 5) is 0. The Hall–Kier alpha value is -0.340. The van der Waals surface area contributed by atoms with Crippen molar-refractivity contribution < 1.29 is 9.84 Å². The molecule has 3 rings (SSSR count). The smallest absolute Gasteiger partial charge is 0.0968 e. The van der Waals surface area contributed by atoms with Gasteiger partial charge in [-0.1, -0.05) is 53.0 Å². The number of halogens is 3. The molecule has 5 unspecified atom stereocenters. The van der Waals surface area contributed by atoms with Crippen molar-refractivity contribution >= 4 is 44.0 Å². The molecule has 0 bridgehead atoms. The number of benzene rings is 2. The van der Waals surface area contributed by atoms with Crippen LogP contribution in [0.4, 0.5) is 0 Å². The third kappa shape index (κ3) is 4.64. The van der Waals surface area contributed by atoms with Crippen LogP contribution < -0.4 is 0 Å². The van der Waals surface area contributed by atoms with Gasteiger partial charge in [-0.15, -0.1) is 9.24 Å². The van der Waals surface area contributed by atoms with Crippen molar-refractivity contribution in [2.75, 3.05) is 13.2 Å². The molecule has 1 N–H and O–H groups in total. The van der Waals surface area contributed by atoms with Gasteiger partial charge < -0.3 is 9.84 Å². The average molecular weight is 446 g/mol. The second-order valence-electron chi connectivity index (χ2n) is 7.17. The van der Waals surface area contributed by atoms with Gasteiger partial charge in [0.05, 0.1) is 12.2 Å². The Morgan fingerprint density at radius 1 is 1.15 bits per heavy atom. The molecule has 0 amide bonds. The highest BCUT2D eigenvalue weighted by Gasteiger charge is 2.49. The highest BCUT2D eigenvalue weighted by atomic mass is 35.5. The third-order valence-electron chi connectivity index (χ3n) is 5.49. The summed E-state index contributed by atoms with van der Waals surface area (Å²) in [6, 6.07) is 13.0. The van der Waals surface area contributed by atoms with Gasteiger partial charge >= 0.3 is 0 Å². The maximum atomic E-state index is 11.8. The number of hydrogen-bond acceptors (Lipinski definition) is 2. The van der Waals surface area contributed by atoms with Crippen LogP contribution in [0, 0.1) is 5.92 Å². The van der Waals surface area contributed by atoms with E-state index < -0.39 is 5.60 Å². The molecule has 0 aliphatic heterocycles. The molecule has 2 aromatic rings. The number of ether oxygens (including phenoxy) is 1. The Labute approximate surface area is 178 Å². The molecule has 27 heavy (non-hydrogen) atoms. The van der Waals surface area contributed by atoms with Crippen LogP contribution in [0.25, 0.3) is 0 Å². The first kappa shape index (κ1) is 21.4. The van der Waals surface area contributed by atoms with Gasteiger partial charge in [0, 0.05) is 27.6 Å². The zero-order valence-electron chi connectivity index (χ0n) is 15.2. The van der Waals surface area contributed by atoms with Crippen LogP contribution in [0.5, 0.6) is 0 Å². The van der Waals surface area contributed by atoms with E-state index in [-0.39, 0.29) is 11.6 Å². The summed E-state index contributed by atoms with van der Waals surface area (Å²) in [7, 11) is 2.89. The van der Waals surface area contributed by atoms with Gasteiger partial charge in [-0.2, -0.15) is 0 Å². The Morgan fingerprint density at radius 3 is 2.44 bits per heavy atom. The molecule has 1 aliphatic carbocycles. The lowest BCUT2D eigenvalue weighted by atomic mass is 9.80. The van der Waals surface area contributed by atoms with Crippen LogP contribution in [-0.2, 0) is 10.3 Å². The molecule has 0 aromatic heterocycles. The molecule has 1 aliphatic rings. The van der Waals surface area contributed by atoms with Crippen molar-refractivity contribution in [3.8, 4) is 0 Å². The number of hydrogen-bond donors (Lipinski definition) is 1. The molecule has 5 atom stereocenters. The first-order chi connectivity index (χ1) is 12.8. The van der Waals surface area contributed by atoms with Crippen LogP contribution in [0.1, 0.15) is 36.8 Å². The third-order valence-corrected chi connectivity index (χ3v) is 7.04. The van der Waals surface area contributed by atoms with E-state index >= 15 is 0 Å². The van der Waals surface area contributed by atoms with Crippen molar-refractivity contribution in [1.82, 2.24) is 0 Å². The van der Waals surface area contributed by atoms with E-state index in [1.807, 2.05) is 43.3 Å². The minimum Gasteiger partial charge on any atom is -0.385 e. The molecule has 1 fully saturated rings. The second kappa shape index (κ2) is 8.99. The molecule has 6 heteroatoms. The van der Waals surface area contributed by atoms with Crippen LogP contribution in [-0.4, -0.2) is 24.0 Å². The summed E-state index contributed by atoms with van der Waals surface area (Å²) in [5.74, 6) is 0.164. The Morgan fingerprint density at radius 2 is 1.81 bits per heavy atom. The lowest BCUT2D eigenvalue weighted by Crippen LogP contribution is -2.29. The molecule has 0 heterocycles. The summed E-state index contributed by atoms with van der Waals surface area (Å²) >= 11 is 18.7. The Kier molecular flexibility index (Phi) is 7.12. The fraction of sp³-hybridized carbons (Fsp3) is 0.429. The first-order valence-corrected chi connectivity index (χ1v) is 10.9. The van der Waals surface area contributed by atoms with Crippen LogP contribution >= 0.6 is 44.0 Å². The molecule has 0 spiro atoms. The standard InChI is InChI=1S/C21H24Cl3O2P/c1-2-26-12-20(27)13-9-18(17-8-7-16(23)10-19(17)24)21(25,11-13)14-3-5-15(22)6-4-14/h3-8,10,13,18,20,25H,2,9,11-12,27H2,1H3. The maximum absolute atomic E-state index is 11.8. The highest BCUT2D eigenvalue weighted by molar-refractivity contribution is 7.17. The fourth-order valence-corrected chi connectivity index (χ4v) is 5.16. The minimum absolute atomic E-state index is 0.127. The van der Waals surface area contributed by atoms with E-state index in [1.54, 1.807) is 6.07 Å². The first-order valence-electron chi connectivity index (χ1n) is 9.11. The van der Waals surface area contributed by atoms with Gasteiger partial charge in [0.1, 0.15) is 0 Å². The zero-order valence-corrected chi connectivity index (χ0v) is 18.6. The van der Waals surface area contributed by atoms with E-state index in [4.69, 9.17) is 39.5 Å². The average Bonchev–Trinajstić information content (AvgIpc) is 2.99. The van der Waals surface area contributed by atoms with Gasteiger partial charge in [0.15, 0.2) is 0 Å². The summed E-state index contributed by atoms with van der Waals surface area (Å²) in [6.45, 7) is 3.33. The predicted molar refractivity (Wildman–Crippen MR) is 117 cm³/mol. The SMILES string of the molecule is CCOCC(P)C1CC(c2ccc(Cl)cc2Cl)C(O)(c2ccc(Cl)cc2)C1. The van der Waals surface area contributed by atoms with E-state index in [9.17, 15) is 5.11 Å². The molecule has 146 valence electrons. The van der Waals surface area contributed by atoms with E-state index in [1.165, 1.54) is 0 Å². The van der Waals surface area contributed by atoms with Crippen molar-refractivity contribution in [2.24, 2.45) is 5.92 Å². The van der Waals surface area contributed by atoms with Crippen LogP contribution in [0.3, 0.4) is 0 Å². The van der Waals surface area contributed by atoms with Crippen molar-refractivity contribution in [3.63, 3.8) is 0 Å². The lowest BCUT2D eigenvalue weighted by Gasteiger charge is -2.32. The van der Waals surface area contributed by atoms with Gasteiger partial charge in [-0.05, 0) is 66.7 Å². The van der Waals surface area contributed by atoms with E-state index in [0.29, 0.717) is 40.6 Å². The number of aliphatic hydroxyl groups is 1. The Bertz CT molecular complexity index is 783. The largest absolute Gasteiger partial charge is 0.385 e. The monoisotopic (exact) mass is 444 g/mol. The predicted octanol–water partition coefficient (Wildman–Crippen LogP) is 6.31. The van der Waals surface area contributed by atoms with Crippen LogP contribution in [0.2, 0.25) is 15.1 Å². The maximum Gasteiger partial charge on any atom is 0.0968 e. The molecular formula is C21H24Cl3O2P. The second-order valence-corrected chi connectivity index (χ2v) is 9.31. The Balaban J connectivity index is 1.99. The molecule has 0 radical (unpaired) electrons. The highest BCUT2D eigenvalue weighted by Crippen LogP contribution is 2.55. The molecular weight excluding hydrogens is 422 g/mol. The molecule has 2 nitrogen and oxygen atoms in total. The molecule has 2 aromatic carbocycles. The minimum atomic E-state index is -1.02. The van der Waals surface area contributed by atoms with E-state index in [2.05, 4.69) is 9.24 Å². The zero-order chi connectivity index (χ0) is 19.6. The van der Waals surface area contributed by atoms with Crippen molar-refractivity contribution in [2.45, 2.75) is 36.9 Å². The fourth-order valence-electron chi connectivity index (χ4n) is 4.07. The van der Waals surface area contributed by atoms with Crippen molar-refractivity contribution in [3.05, 3.63) is 68.7 Å². The molecule has 1 saturated carbocycles. The summed E-state index contributed by atoms with van der Waals surface area (Å²) < 4.78 is 5.61. The van der Waals surface area contributed by atoms with Crippen molar-refractivity contribution in [1.29, 1.82) is 0 Å². The summed E-state index contributed by atoms with van der Waals surface area (Å²) in [5, 5.41) is 13.7. The van der Waals surface area contributed by atoms with Gasteiger partial charge in [0.2, 0.25) is 0 Å². The van der Waals surface area contributed by atoms with Gasteiger partial charge in [-0.3, -0.25) is 0 Å². The lowest BCUT2D eigenvalue weighted by molar-refractivity contribution is 0.0214. The van der Waals surface area contributed by atoms with Gasteiger partial charge in [-0.25, -0.2) is 0 Å². The topological polar surface area (TPSA) is 29.5 Å². The normalized spacial score (nSPS) is 26.3. The quantitative estimate of drug-likeness (QED) is 0.528. The van der Waals surface area contributed by atoms with Gasteiger partial charge in [0.25, 0.3) is 0 Å².